The average molecular weight is 338 g/mol. The van der Waals surface area contributed by atoms with Gasteiger partial charge in [-0.1, -0.05) is 30.3 Å². The van der Waals surface area contributed by atoms with E-state index in [2.05, 4.69) is 51.2 Å². The van der Waals surface area contributed by atoms with E-state index in [1.807, 2.05) is 0 Å². The minimum Gasteiger partial charge on any atom is -0.326 e. The molecule has 4 nitrogen and oxygen atoms in total. The molecule has 1 aliphatic heterocycles. The van der Waals surface area contributed by atoms with Crippen molar-refractivity contribution in [1.82, 2.24) is 14.3 Å². The van der Waals surface area contributed by atoms with Gasteiger partial charge in [0.2, 0.25) is 0 Å². The summed E-state index contributed by atoms with van der Waals surface area (Å²) in [6.45, 7) is 2.95. The fraction of sp³-hybridized carbons (Fsp3) is 0.421. The predicted octanol–water partition coefficient (Wildman–Crippen LogP) is 3.20. The van der Waals surface area contributed by atoms with Crippen LogP contribution in [0.2, 0.25) is 0 Å². The topological polar surface area (TPSA) is 46.6 Å². The largest absolute Gasteiger partial charge is 0.326 e. The van der Waals surface area contributed by atoms with Gasteiger partial charge < -0.3 is 5.73 Å². The van der Waals surface area contributed by atoms with Crippen molar-refractivity contribution in [2.24, 2.45) is 5.73 Å². The zero-order valence-corrected chi connectivity index (χ0v) is 14.5. The van der Waals surface area contributed by atoms with Gasteiger partial charge in [0.25, 0.3) is 0 Å². The molecule has 1 aromatic carbocycles. The van der Waals surface area contributed by atoms with Crippen LogP contribution in [-0.4, -0.2) is 33.4 Å². The average Bonchev–Trinajstić information content (AvgIpc) is 3.08. The van der Waals surface area contributed by atoms with E-state index in [0.29, 0.717) is 11.8 Å². The molecular formula is C19H22N4S. The lowest BCUT2D eigenvalue weighted by Crippen LogP contribution is -2.28. The summed E-state index contributed by atoms with van der Waals surface area (Å²) in [6.07, 6.45) is 4.76. The van der Waals surface area contributed by atoms with Gasteiger partial charge in [-0.2, -0.15) is 0 Å². The first-order valence-corrected chi connectivity index (χ1v) is 9.65. The number of nitrogens with two attached hydrogens (primary N) is 1. The van der Waals surface area contributed by atoms with Crippen LogP contribution in [0.15, 0.2) is 41.9 Å². The molecule has 3 heterocycles. The highest BCUT2D eigenvalue weighted by Crippen LogP contribution is 2.42. The Balaban J connectivity index is 1.41. The molecule has 3 aromatic rings. The Hall–Kier alpha value is -1.69. The molecule has 2 fully saturated rings. The van der Waals surface area contributed by atoms with Crippen LogP contribution < -0.4 is 5.73 Å². The second kappa shape index (κ2) is 5.69. The zero-order valence-electron chi connectivity index (χ0n) is 13.6. The van der Waals surface area contributed by atoms with Gasteiger partial charge in [0.05, 0.1) is 11.4 Å². The number of hydrogen-bond acceptors (Lipinski definition) is 4. The van der Waals surface area contributed by atoms with E-state index >= 15 is 0 Å². The number of benzene rings is 1. The summed E-state index contributed by atoms with van der Waals surface area (Å²) in [5, 5.41) is 2.13. The van der Waals surface area contributed by atoms with Crippen molar-refractivity contribution < 1.29 is 0 Å². The summed E-state index contributed by atoms with van der Waals surface area (Å²) in [6, 6.07) is 10.9. The lowest BCUT2D eigenvalue weighted by molar-refractivity contribution is 0.317. The van der Waals surface area contributed by atoms with Crippen molar-refractivity contribution >= 4 is 16.3 Å². The minimum absolute atomic E-state index is 0.211. The van der Waals surface area contributed by atoms with Gasteiger partial charge in [0, 0.05) is 49.1 Å². The first-order valence-electron chi connectivity index (χ1n) is 8.77. The van der Waals surface area contributed by atoms with Crippen LogP contribution >= 0.6 is 11.3 Å². The smallest absolute Gasteiger partial charge is 0.194 e. The summed E-state index contributed by atoms with van der Waals surface area (Å²) in [7, 11) is 0. The maximum absolute atomic E-state index is 6.47. The van der Waals surface area contributed by atoms with Crippen LogP contribution in [0.5, 0.6) is 0 Å². The molecule has 2 aliphatic rings. The standard InChI is InChI=1S/C19H22N4S/c20-16-11-22(10-15(16)13-4-2-1-3-5-13)12-17-18(14-6-7-14)21-19-23(17)8-9-24-19/h1-5,8-9,14-16H,6-7,10-12,20H2/t15-,16+/m0/s1. The number of thiazole rings is 1. The number of fused-ring (bicyclic) bond motifs is 1. The summed E-state index contributed by atoms with van der Waals surface area (Å²) in [5.74, 6) is 1.12. The normalized spacial score (nSPS) is 24.9. The number of nitrogens with zero attached hydrogens (tertiary/aromatic N) is 3. The van der Waals surface area contributed by atoms with E-state index in [1.165, 1.54) is 29.8 Å². The summed E-state index contributed by atoms with van der Waals surface area (Å²) >= 11 is 1.73. The second-order valence-electron chi connectivity index (χ2n) is 7.15. The van der Waals surface area contributed by atoms with E-state index in [9.17, 15) is 0 Å². The monoisotopic (exact) mass is 338 g/mol. The molecule has 1 saturated heterocycles. The minimum atomic E-state index is 0.211. The SMILES string of the molecule is N[C@@H]1CN(Cc2c(C3CC3)nc3sccn23)C[C@H]1c1ccccc1. The number of aromatic nitrogens is 2. The van der Waals surface area contributed by atoms with E-state index in [4.69, 9.17) is 10.7 Å². The first kappa shape index (κ1) is 14.6. The van der Waals surface area contributed by atoms with E-state index in [-0.39, 0.29) is 6.04 Å². The van der Waals surface area contributed by atoms with Crippen LogP contribution in [0.4, 0.5) is 0 Å². The number of imidazole rings is 1. The molecule has 2 N–H and O–H groups in total. The summed E-state index contributed by atoms with van der Waals surface area (Å²) in [4.78, 5) is 8.54. The Morgan fingerprint density at radius 3 is 2.79 bits per heavy atom. The van der Waals surface area contributed by atoms with Crippen LogP contribution in [0, 0.1) is 0 Å². The molecule has 0 bridgehead atoms. The molecule has 2 aromatic heterocycles. The van der Waals surface area contributed by atoms with Crippen LogP contribution in [0.1, 0.15) is 41.6 Å². The van der Waals surface area contributed by atoms with Crippen molar-refractivity contribution in [2.45, 2.75) is 37.3 Å². The highest BCUT2D eigenvalue weighted by Gasteiger charge is 2.34. The Morgan fingerprint density at radius 2 is 2.00 bits per heavy atom. The van der Waals surface area contributed by atoms with Gasteiger partial charge >= 0.3 is 0 Å². The molecule has 5 rings (SSSR count). The molecule has 1 aliphatic carbocycles. The molecule has 2 atom stereocenters. The van der Waals surface area contributed by atoms with Crippen LogP contribution in [0.25, 0.3) is 4.96 Å². The third-order valence-electron chi connectivity index (χ3n) is 5.40. The van der Waals surface area contributed by atoms with Crippen molar-refractivity contribution in [1.29, 1.82) is 0 Å². The summed E-state index contributed by atoms with van der Waals surface area (Å²) in [5.41, 5.74) is 10.6. The molecule has 24 heavy (non-hydrogen) atoms. The van der Waals surface area contributed by atoms with Gasteiger partial charge in [-0.25, -0.2) is 4.98 Å². The maximum Gasteiger partial charge on any atom is 0.194 e. The van der Waals surface area contributed by atoms with Gasteiger partial charge in [0.1, 0.15) is 0 Å². The third kappa shape index (κ3) is 2.48. The molecule has 1 saturated carbocycles. The van der Waals surface area contributed by atoms with Gasteiger partial charge in [0.15, 0.2) is 4.96 Å². The third-order valence-corrected chi connectivity index (χ3v) is 6.15. The maximum atomic E-state index is 6.47. The van der Waals surface area contributed by atoms with Crippen molar-refractivity contribution in [3.63, 3.8) is 0 Å². The lowest BCUT2D eigenvalue weighted by atomic mass is 9.95. The van der Waals surface area contributed by atoms with Crippen molar-refractivity contribution in [3.05, 3.63) is 58.9 Å². The molecule has 0 unspecified atom stereocenters. The molecule has 0 radical (unpaired) electrons. The molecule has 5 heteroatoms. The number of likely N-dealkylation sites (tertiary alicyclic amines) is 1. The van der Waals surface area contributed by atoms with E-state index in [1.54, 1.807) is 11.3 Å². The Morgan fingerprint density at radius 1 is 1.17 bits per heavy atom. The van der Waals surface area contributed by atoms with E-state index < -0.39 is 0 Å². The predicted molar refractivity (Wildman–Crippen MR) is 97.5 cm³/mol. The Bertz CT molecular complexity index is 849. The van der Waals surface area contributed by atoms with Crippen LogP contribution in [-0.2, 0) is 6.54 Å². The van der Waals surface area contributed by atoms with E-state index in [0.717, 1.165) is 24.6 Å². The first-order chi connectivity index (χ1) is 11.8. The molecule has 0 spiro atoms. The summed E-state index contributed by atoms with van der Waals surface area (Å²) < 4.78 is 2.29. The number of rotatable bonds is 4. The molecule has 0 amide bonds. The highest BCUT2D eigenvalue weighted by atomic mass is 32.1. The number of hydrogen-bond donors (Lipinski definition) is 1. The Labute approximate surface area is 145 Å². The fourth-order valence-corrected chi connectivity index (χ4v) is 4.74. The van der Waals surface area contributed by atoms with Crippen molar-refractivity contribution in [2.75, 3.05) is 13.1 Å². The fourth-order valence-electron chi connectivity index (χ4n) is 4.00. The second-order valence-corrected chi connectivity index (χ2v) is 8.02. The van der Waals surface area contributed by atoms with Gasteiger partial charge in [-0.05, 0) is 18.4 Å². The van der Waals surface area contributed by atoms with Gasteiger partial charge in [-0.15, -0.1) is 11.3 Å². The Kier molecular flexibility index (Phi) is 3.47. The zero-order chi connectivity index (χ0) is 16.1. The highest BCUT2D eigenvalue weighted by molar-refractivity contribution is 7.15. The molecule has 124 valence electrons. The lowest BCUT2D eigenvalue weighted by Gasteiger charge is -2.16. The van der Waals surface area contributed by atoms with Gasteiger partial charge in [-0.3, -0.25) is 9.30 Å². The van der Waals surface area contributed by atoms with Crippen LogP contribution in [0.3, 0.4) is 0 Å². The quantitative estimate of drug-likeness (QED) is 0.795. The molecular weight excluding hydrogens is 316 g/mol. The van der Waals surface area contributed by atoms with Crippen molar-refractivity contribution in [3.8, 4) is 0 Å².